The van der Waals surface area contributed by atoms with Crippen molar-refractivity contribution in [1.82, 2.24) is 0 Å². The lowest BCUT2D eigenvalue weighted by Crippen LogP contribution is -2.11. The Morgan fingerprint density at radius 2 is 0.639 bits per heavy atom. The maximum atomic E-state index is 12.3. The van der Waals surface area contributed by atoms with Crippen molar-refractivity contribution < 1.29 is 14.8 Å². The first-order valence-corrected chi connectivity index (χ1v) is 10.5. The number of nitrogens with zero attached hydrogens (tertiary/aromatic N) is 3. The number of rotatable bonds is 9. The number of nitro benzene ring substituents is 3. The Morgan fingerprint density at radius 1 is 0.417 bits per heavy atom. The Labute approximate surface area is 203 Å². The van der Waals surface area contributed by atoms with E-state index in [1.807, 2.05) is 0 Å². The van der Waals surface area contributed by atoms with E-state index in [4.69, 9.17) is 0 Å². The summed E-state index contributed by atoms with van der Waals surface area (Å²) < 4.78 is 0. The third-order valence-corrected chi connectivity index (χ3v) is 5.10. The summed E-state index contributed by atoms with van der Waals surface area (Å²) in [5.74, 6) is 0. The summed E-state index contributed by atoms with van der Waals surface area (Å²) in [4.78, 5) is 34.2. The van der Waals surface area contributed by atoms with Gasteiger partial charge in [0.1, 0.15) is 0 Å². The van der Waals surface area contributed by atoms with Crippen LogP contribution in [0.15, 0.2) is 91.0 Å². The number of hydrogen-bond donors (Lipinski definition) is 3. The van der Waals surface area contributed by atoms with Crippen LogP contribution < -0.4 is 16.0 Å². The zero-order valence-corrected chi connectivity index (χ0v) is 18.5. The molecule has 0 aromatic heterocycles. The Morgan fingerprint density at radius 3 is 0.833 bits per heavy atom. The van der Waals surface area contributed by atoms with Gasteiger partial charge in [-0.05, 0) is 36.4 Å². The van der Waals surface area contributed by atoms with Gasteiger partial charge in [-0.25, -0.2) is 0 Å². The third kappa shape index (κ3) is 4.87. The van der Waals surface area contributed by atoms with Gasteiger partial charge in [-0.3, -0.25) is 30.3 Å². The van der Waals surface area contributed by atoms with Crippen LogP contribution in [0.3, 0.4) is 0 Å². The van der Waals surface area contributed by atoms with E-state index in [0.29, 0.717) is 17.1 Å². The predicted molar refractivity (Wildman–Crippen MR) is 136 cm³/mol. The number of nitrogens with one attached hydrogen (secondary N) is 3. The normalized spacial score (nSPS) is 10.3. The summed E-state index contributed by atoms with van der Waals surface area (Å²) in [5.41, 5.74) is -3.15. The molecule has 0 aliphatic rings. The molecular weight excluding hydrogens is 468 g/mol. The van der Waals surface area contributed by atoms with Crippen LogP contribution in [0.4, 0.5) is 51.2 Å². The summed E-state index contributed by atoms with van der Waals surface area (Å²) in [6.45, 7) is 0. The number of para-hydroxylation sites is 3. The summed E-state index contributed by atoms with van der Waals surface area (Å²) >= 11 is 0. The average Bonchev–Trinajstić information content (AvgIpc) is 2.85. The lowest BCUT2D eigenvalue weighted by Gasteiger charge is -2.17. The molecular formula is C24H18N6O6. The first kappa shape index (κ1) is 23.6. The van der Waals surface area contributed by atoms with Crippen LogP contribution in [0.2, 0.25) is 0 Å². The standard InChI is InChI=1S/C24H18N6O6/c31-28(32)22-19(25-16-10-4-1-5-11-16)23(29(33)34)21(27-18-14-8-3-9-15-18)24(30(35)36)20(22)26-17-12-6-2-7-13-17/h1-15,25-27H. The van der Waals surface area contributed by atoms with Gasteiger partial charge in [0.05, 0.1) is 14.8 Å². The fourth-order valence-electron chi connectivity index (χ4n) is 3.61. The van der Waals surface area contributed by atoms with Crippen LogP contribution >= 0.6 is 0 Å². The molecule has 0 bridgehead atoms. The fraction of sp³-hybridized carbons (Fsp3) is 0. The van der Waals surface area contributed by atoms with Gasteiger partial charge in [0.2, 0.25) is 17.1 Å². The van der Waals surface area contributed by atoms with Crippen molar-refractivity contribution in [2.45, 2.75) is 0 Å². The molecule has 4 rings (SSSR count). The van der Waals surface area contributed by atoms with Gasteiger partial charge in [-0.15, -0.1) is 0 Å². The fourth-order valence-corrected chi connectivity index (χ4v) is 3.61. The maximum absolute atomic E-state index is 12.3. The molecule has 36 heavy (non-hydrogen) atoms. The maximum Gasteiger partial charge on any atom is 0.330 e. The highest BCUT2D eigenvalue weighted by atomic mass is 16.6. The second-order valence-electron chi connectivity index (χ2n) is 7.42. The van der Waals surface area contributed by atoms with Crippen molar-refractivity contribution >= 4 is 51.2 Å². The smallest absolute Gasteiger partial charge is 0.330 e. The molecule has 4 aromatic rings. The second kappa shape index (κ2) is 10.2. The van der Waals surface area contributed by atoms with Crippen LogP contribution in [-0.4, -0.2) is 14.8 Å². The third-order valence-electron chi connectivity index (χ3n) is 5.10. The molecule has 0 atom stereocenters. The highest BCUT2D eigenvalue weighted by Gasteiger charge is 2.43. The Kier molecular flexibility index (Phi) is 6.68. The molecule has 12 heteroatoms. The summed E-state index contributed by atoms with van der Waals surface area (Å²) in [6, 6.07) is 24.3. The predicted octanol–water partition coefficient (Wildman–Crippen LogP) is 6.64. The highest BCUT2D eigenvalue weighted by molar-refractivity contribution is 6.03. The molecule has 3 N–H and O–H groups in total. The van der Waals surface area contributed by atoms with E-state index in [1.54, 1.807) is 91.0 Å². The van der Waals surface area contributed by atoms with E-state index in [0.717, 1.165) is 0 Å². The molecule has 0 unspecified atom stereocenters. The SMILES string of the molecule is O=[N+]([O-])c1c(Nc2ccccc2)c([N+](=O)[O-])c(Nc2ccccc2)c([N+](=O)[O-])c1Nc1ccccc1. The Bertz CT molecular complexity index is 1240. The van der Waals surface area contributed by atoms with Crippen molar-refractivity contribution in [3.05, 3.63) is 121 Å². The largest absolute Gasteiger partial charge is 0.344 e. The quantitative estimate of drug-likeness (QED) is 0.173. The minimum Gasteiger partial charge on any atom is -0.344 e. The van der Waals surface area contributed by atoms with Crippen LogP contribution in [0, 0.1) is 30.3 Å². The Hall–Kier alpha value is -5.52. The molecule has 4 aromatic carbocycles. The van der Waals surface area contributed by atoms with Gasteiger partial charge in [0.15, 0.2) is 0 Å². The van der Waals surface area contributed by atoms with Crippen LogP contribution in [0.5, 0.6) is 0 Å². The topological polar surface area (TPSA) is 166 Å². The second-order valence-corrected chi connectivity index (χ2v) is 7.42. The van der Waals surface area contributed by atoms with E-state index in [9.17, 15) is 30.3 Å². The number of hydrogen-bond acceptors (Lipinski definition) is 9. The molecule has 0 aliphatic heterocycles. The van der Waals surface area contributed by atoms with Gasteiger partial charge in [0, 0.05) is 17.1 Å². The summed E-state index contributed by atoms with van der Waals surface area (Å²) in [6.07, 6.45) is 0. The van der Waals surface area contributed by atoms with Crippen molar-refractivity contribution in [3.8, 4) is 0 Å². The molecule has 0 fully saturated rings. The van der Waals surface area contributed by atoms with E-state index < -0.39 is 48.9 Å². The van der Waals surface area contributed by atoms with Crippen molar-refractivity contribution in [2.75, 3.05) is 16.0 Å². The Balaban J connectivity index is 2.10. The van der Waals surface area contributed by atoms with E-state index in [1.165, 1.54) is 0 Å². The van der Waals surface area contributed by atoms with Gasteiger partial charge in [-0.1, -0.05) is 54.6 Å². The summed E-state index contributed by atoms with van der Waals surface area (Å²) in [7, 11) is 0. The monoisotopic (exact) mass is 486 g/mol. The van der Waals surface area contributed by atoms with Crippen LogP contribution in [0.25, 0.3) is 0 Å². The molecule has 12 nitrogen and oxygen atoms in total. The average molecular weight is 486 g/mol. The van der Waals surface area contributed by atoms with E-state index in [2.05, 4.69) is 16.0 Å². The van der Waals surface area contributed by atoms with Gasteiger partial charge >= 0.3 is 17.1 Å². The molecule has 0 aliphatic carbocycles. The minimum atomic E-state index is -0.886. The lowest BCUT2D eigenvalue weighted by atomic mass is 10.1. The molecule has 180 valence electrons. The minimum absolute atomic E-state index is 0.314. The van der Waals surface area contributed by atoms with Crippen LogP contribution in [-0.2, 0) is 0 Å². The lowest BCUT2D eigenvalue weighted by molar-refractivity contribution is -0.399. The molecule has 0 amide bonds. The first-order valence-electron chi connectivity index (χ1n) is 10.5. The number of nitro groups is 3. The van der Waals surface area contributed by atoms with Crippen molar-refractivity contribution in [2.24, 2.45) is 0 Å². The molecule has 0 saturated carbocycles. The van der Waals surface area contributed by atoms with Gasteiger partial charge in [-0.2, -0.15) is 0 Å². The highest BCUT2D eigenvalue weighted by Crippen LogP contribution is 2.54. The summed E-state index contributed by atoms with van der Waals surface area (Å²) in [5, 5.41) is 45.1. The van der Waals surface area contributed by atoms with E-state index in [-0.39, 0.29) is 0 Å². The van der Waals surface area contributed by atoms with E-state index >= 15 is 0 Å². The van der Waals surface area contributed by atoms with Crippen molar-refractivity contribution in [3.63, 3.8) is 0 Å². The molecule has 0 saturated heterocycles. The van der Waals surface area contributed by atoms with Crippen LogP contribution in [0.1, 0.15) is 0 Å². The molecule has 0 radical (unpaired) electrons. The zero-order chi connectivity index (χ0) is 25.7. The molecule has 0 spiro atoms. The first-order chi connectivity index (χ1) is 17.4. The van der Waals surface area contributed by atoms with Gasteiger partial charge in [0.25, 0.3) is 0 Å². The number of benzene rings is 4. The number of anilines is 6. The molecule has 0 heterocycles. The zero-order valence-electron chi connectivity index (χ0n) is 18.5. The van der Waals surface area contributed by atoms with Gasteiger partial charge < -0.3 is 16.0 Å². The van der Waals surface area contributed by atoms with Crippen molar-refractivity contribution in [1.29, 1.82) is 0 Å².